The molecule has 0 bridgehead atoms. The first-order valence-electron chi connectivity index (χ1n) is 8.02. The fraction of sp³-hybridized carbons (Fsp3) is 0.333. The van der Waals surface area contributed by atoms with E-state index in [9.17, 15) is 13.2 Å². The maximum atomic E-state index is 12.6. The molecule has 0 aliphatic carbocycles. The van der Waals surface area contributed by atoms with E-state index in [1.165, 1.54) is 12.1 Å². The second-order valence-electron chi connectivity index (χ2n) is 5.89. The summed E-state index contributed by atoms with van der Waals surface area (Å²) in [5.74, 6) is 1.42. The van der Waals surface area contributed by atoms with Crippen molar-refractivity contribution in [1.29, 1.82) is 0 Å². The number of halogens is 4. The Morgan fingerprint density at radius 3 is 2.15 bits per heavy atom. The van der Waals surface area contributed by atoms with E-state index in [0.717, 1.165) is 29.1 Å². The van der Waals surface area contributed by atoms with Gasteiger partial charge < -0.3 is 15.5 Å². The van der Waals surface area contributed by atoms with Crippen LogP contribution in [0.2, 0.25) is 0 Å². The highest BCUT2D eigenvalue weighted by molar-refractivity contribution is 14.0. The number of nitrogens with zero attached hydrogens (tertiary/aromatic N) is 3. The fourth-order valence-corrected chi connectivity index (χ4v) is 2.22. The van der Waals surface area contributed by atoms with E-state index in [-0.39, 0.29) is 24.0 Å². The van der Waals surface area contributed by atoms with E-state index in [4.69, 9.17) is 0 Å². The van der Waals surface area contributed by atoms with E-state index in [1.807, 2.05) is 31.1 Å². The zero-order valence-corrected chi connectivity index (χ0v) is 17.7. The molecule has 9 heteroatoms. The smallest absolute Gasteiger partial charge is 0.363 e. The van der Waals surface area contributed by atoms with Crippen molar-refractivity contribution in [2.45, 2.75) is 19.3 Å². The van der Waals surface area contributed by atoms with Gasteiger partial charge in [-0.15, -0.1) is 24.0 Å². The van der Waals surface area contributed by atoms with E-state index >= 15 is 0 Å². The molecule has 27 heavy (non-hydrogen) atoms. The van der Waals surface area contributed by atoms with Gasteiger partial charge in [-0.2, -0.15) is 13.2 Å². The summed E-state index contributed by atoms with van der Waals surface area (Å²) >= 11 is 0. The Hall–Kier alpha value is -2.04. The van der Waals surface area contributed by atoms with Crippen molar-refractivity contribution in [3.05, 3.63) is 59.3 Å². The highest BCUT2D eigenvalue weighted by atomic mass is 127. The minimum atomic E-state index is -4.32. The second kappa shape index (κ2) is 10.3. The van der Waals surface area contributed by atoms with Crippen molar-refractivity contribution >= 4 is 35.8 Å². The number of rotatable bonds is 5. The van der Waals surface area contributed by atoms with Crippen molar-refractivity contribution in [2.75, 3.05) is 26.0 Å². The normalized spacial score (nSPS) is 11.6. The summed E-state index contributed by atoms with van der Waals surface area (Å²) in [6.07, 6.45) is -2.58. The summed E-state index contributed by atoms with van der Waals surface area (Å²) in [7, 11) is 5.48. The average Bonchev–Trinajstić information content (AvgIpc) is 2.61. The van der Waals surface area contributed by atoms with Crippen LogP contribution in [-0.4, -0.2) is 32.1 Å². The topological polar surface area (TPSA) is 52.6 Å². The number of alkyl halides is 3. The lowest BCUT2D eigenvalue weighted by Crippen LogP contribution is -2.36. The third kappa shape index (κ3) is 7.24. The Morgan fingerprint density at radius 1 is 1.04 bits per heavy atom. The third-order valence-corrected chi connectivity index (χ3v) is 3.69. The summed E-state index contributed by atoms with van der Waals surface area (Å²) < 4.78 is 37.7. The highest BCUT2D eigenvalue weighted by Gasteiger charge is 2.29. The van der Waals surface area contributed by atoms with Gasteiger partial charge in [-0.05, 0) is 35.4 Å². The molecule has 1 aromatic carbocycles. The molecule has 2 rings (SSSR count). The van der Waals surface area contributed by atoms with Crippen molar-refractivity contribution in [3.8, 4) is 0 Å². The van der Waals surface area contributed by atoms with Crippen LogP contribution in [0, 0.1) is 0 Å². The zero-order chi connectivity index (χ0) is 19.2. The Kier molecular flexibility index (Phi) is 8.80. The Morgan fingerprint density at radius 2 is 1.63 bits per heavy atom. The summed E-state index contributed by atoms with van der Waals surface area (Å²) in [4.78, 5) is 10.3. The van der Waals surface area contributed by atoms with Gasteiger partial charge in [0.05, 0.1) is 5.56 Å². The molecule has 2 aromatic rings. The van der Waals surface area contributed by atoms with E-state index in [0.29, 0.717) is 19.0 Å². The highest BCUT2D eigenvalue weighted by Crippen LogP contribution is 2.29. The van der Waals surface area contributed by atoms with Crippen LogP contribution in [0.4, 0.5) is 19.0 Å². The quantitative estimate of drug-likeness (QED) is 0.380. The van der Waals surface area contributed by atoms with Crippen molar-refractivity contribution < 1.29 is 13.2 Å². The van der Waals surface area contributed by atoms with Crippen LogP contribution in [0.3, 0.4) is 0 Å². The Bertz CT molecular complexity index is 745. The van der Waals surface area contributed by atoms with Crippen molar-refractivity contribution in [3.63, 3.8) is 0 Å². The van der Waals surface area contributed by atoms with Crippen LogP contribution in [-0.2, 0) is 19.3 Å². The van der Waals surface area contributed by atoms with Gasteiger partial charge in [-0.3, -0.25) is 4.99 Å². The van der Waals surface area contributed by atoms with Gasteiger partial charge in [-0.25, -0.2) is 4.98 Å². The second-order valence-corrected chi connectivity index (χ2v) is 5.89. The van der Waals surface area contributed by atoms with E-state index < -0.39 is 11.7 Å². The molecule has 1 heterocycles. The lowest BCUT2D eigenvalue weighted by Gasteiger charge is -2.15. The molecule has 0 saturated carbocycles. The summed E-state index contributed by atoms with van der Waals surface area (Å²) in [5, 5.41) is 6.25. The van der Waals surface area contributed by atoms with Crippen molar-refractivity contribution in [1.82, 2.24) is 15.6 Å². The number of nitrogens with one attached hydrogen (secondary N) is 2. The first-order valence-corrected chi connectivity index (χ1v) is 8.02. The number of anilines is 1. The van der Waals surface area contributed by atoms with Gasteiger partial charge in [0.15, 0.2) is 5.96 Å². The minimum absolute atomic E-state index is 0. The van der Waals surface area contributed by atoms with E-state index in [2.05, 4.69) is 20.6 Å². The summed E-state index contributed by atoms with van der Waals surface area (Å²) in [6, 6.07) is 8.93. The maximum Gasteiger partial charge on any atom is 0.416 e. The van der Waals surface area contributed by atoms with E-state index in [1.54, 1.807) is 13.2 Å². The first-order chi connectivity index (χ1) is 12.3. The van der Waals surface area contributed by atoms with Crippen LogP contribution >= 0.6 is 24.0 Å². The number of benzene rings is 1. The Labute approximate surface area is 174 Å². The molecule has 0 atom stereocenters. The monoisotopic (exact) mass is 493 g/mol. The van der Waals surface area contributed by atoms with Gasteiger partial charge in [0, 0.05) is 40.4 Å². The predicted molar refractivity (Wildman–Crippen MR) is 112 cm³/mol. The number of guanidine groups is 1. The fourth-order valence-electron chi connectivity index (χ4n) is 2.22. The van der Waals surface area contributed by atoms with Crippen LogP contribution in [0.15, 0.2) is 47.6 Å². The van der Waals surface area contributed by atoms with Crippen LogP contribution in [0.1, 0.15) is 16.7 Å². The molecular formula is C18H23F3IN5. The number of hydrogen-bond donors (Lipinski definition) is 2. The van der Waals surface area contributed by atoms with Gasteiger partial charge in [-0.1, -0.05) is 12.1 Å². The molecule has 0 aliphatic heterocycles. The summed E-state index contributed by atoms with van der Waals surface area (Å²) in [5.41, 5.74) is 1.12. The molecule has 0 radical (unpaired) electrons. The number of pyridine rings is 1. The molecule has 148 valence electrons. The molecule has 0 unspecified atom stereocenters. The Balaban J connectivity index is 0.00000364. The molecular weight excluding hydrogens is 470 g/mol. The van der Waals surface area contributed by atoms with Crippen molar-refractivity contribution in [2.24, 2.45) is 4.99 Å². The van der Waals surface area contributed by atoms with Gasteiger partial charge in [0.25, 0.3) is 0 Å². The molecule has 5 nitrogen and oxygen atoms in total. The number of hydrogen-bond acceptors (Lipinski definition) is 3. The zero-order valence-electron chi connectivity index (χ0n) is 15.3. The predicted octanol–water partition coefficient (Wildman–Crippen LogP) is 3.65. The SMILES string of the molecule is CN=C(NCc1ccc(C(F)(F)F)cc1)NCc1ccnc(N(C)C)c1.I. The van der Waals surface area contributed by atoms with Crippen LogP contribution in [0.25, 0.3) is 0 Å². The average molecular weight is 493 g/mol. The lowest BCUT2D eigenvalue weighted by molar-refractivity contribution is -0.137. The molecule has 2 N–H and O–H groups in total. The molecule has 0 saturated heterocycles. The first kappa shape index (κ1) is 23.0. The number of aliphatic imine (C=N–C) groups is 1. The maximum absolute atomic E-state index is 12.6. The number of aromatic nitrogens is 1. The van der Waals surface area contributed by atoms with Gasteiger partial charge in [0.2, 0.25) is 0 Å². The largest absolute Gasteiger partial charge is 0.416 e. The van der Waals surface area contributed by atoms with Crippen LogP contribution < -0.4 is 15.5 Å². The van der Waals surface area contributed by atoms with Gasteiger partial charge >= 0.3 is 6.18 Å². The molecule has 0 amide bonds. The third-order valence-electron chi connectivity index (χ3n) is 3.69. The van der Waals surface area contributed by atoms with Gasteiger partial charge in [0.1, 0.15) is 5.82 Å². The molecule has 0 fully saturated rings. The molecule has 1 aromatic heterocycles. The lowest BCUT2D eigenvalue weighted by atomic mass is 10.1. The standard InChI is InChI=1S/C18H22F3N5.HI/c1-22-17(25-12-14-8-9-23-16(10-14)26(2)3)24-11-13-4-6-15(7-5-13)18(19,20)21;/h4-10H,11-12H2,1-3H3,(H2,22,24,25);1H. The minimum Gasteiger partial charge on any atom is -0.363 e. The molecule has 0 spiro atoms. The molecule has 0 aliphatic rings. The van der Waals surface area contributed by atoms with Crippen LogP contribution in [0.5, 0.6) is 0 Å². The summed E-state index contributed by atoms with van der Waals surface area (Å²) in [6.45, 7) is 0.924.